The van der Waals surface area contributed by atoms with Gasteiger partial charge in [0.1, 0.15) is 6.67 Å². The van der Waals surface area contributed by atoms with Crippen LogP contribution in [0.4, 0.5) is 4.39 Å². The first-order valence-electron chi connectivity index (χ1n) is 13.9. The molecule has 0 spiro atoms. The monoisotopic (exact) mass is 426 g/mol. The second-order valence-corrected chi connectivity index (χ2v) is 11.5. The number of hydrogen-bond donors (Lipinski definition) is 0. The molecule has 0 N–H and O–H groups in total. The van der Waals surface area contributed by atoms with Crippen molar-refractivity contribution in [2.24, 2.45) is 29.6 Å². The van der Waals surface area contributed by atoms with E-state index in [9.17, 15) is 4.39 Å². The second kappa shape index (κ2) is 11.9. The quantitative estimate of drug-likeness (QED) is 0.388. The van der Waals surface area contributed by atoms with E-state index in [2.05, 4.69) is 19.1 Å². The first kappa shape index (κ1) is 23.3. The van der Waals surface area contributed by atoms with Gasteiger partial charge in [0.05, 0.1) is 0 Å². The average molecular weight is 427 g/mol. The maximum atomic E-state index is 12.8. The van der Waals surface area contributed by atoms with Crippen molar-refractivity contribution in [3.8, 4) is 0 Å². The van der Waals surface area contributed by atoms with Crippen molar-refractivity contribution in [2.75, 3.05) is 0 Å². The molecule has 0 bridgehead atoms. The average Bonchev–Trinajstić information content (AvgIpc) is 2.84. The first-order valence-corrected chi connectivity index (χ1v) is 13.9. The summed E-state index contributed by atoms with van der Waals surface area (Å²) in [5.74, 6) is 5.86. The summed E-state index contributed by atoms with van der Waals surface area (Å²) in [6.07, 6.45) is 23.6. The minimum Gasteiger partial charge on any atom is -0.246 e. The van der Waals surface area contributed by atoms with Gasteiger partial charge in [-0.25, -0.2) is 4.39 Å². The van der Waals surface area contributed by atoms with Crippen LogP contribution in [0, 0.1) is 29.6 Å². The Kier molecular flexibility index (Phi) is 8.91. The van der Waals surface area contributed by atoms with Crippen LogP contribution in [-0.4, -0.2) is 0 Å². The van der Waals surface area contributed by atoms with E-state index in [1.807, 2.05) is 12.1 Å². The lowest BCUT2D eigenvalue weighted by Gasteiger charge is -2.38. The van der Waals surface area contributed by atoms with Gasteiger partial charge in [0.15, 0.2) is 0 Å². The third-order valence-electron chi connectivity index (χ3n) is 9.58. The Bertz CT molecular complexity index is 610. The SMILES string of the molecule is CCCC1CCC(CCC2CCC(C3CCC(c4ccc(CF)cc4)CC3)CC2)CC1. The minimum atomic E-state index is -0.338. The highest BCUT2D eigenvalue weighted by molar-refractivity contribution is 5.25. The molecule has 3 aliphatic rings. The van der Waals surface area contributed by atoms with Crippen molar-refractivity contribution in [3.63, 3.8) is 0 Å². The lowest BCUT2D eigenvalue weighted by Crippen LogP contribution is -2.25. The number of hydrogen-bond acceptors (Lipinski definition) is 0. The zero-order chi connectivity index (χ0) is 21.5. The molecule has 4 rings (SSSR count). The van der Waals surface area contributed by atoms with Gasteiger partial charge in [-0.05, 0) is 85.2 Å². The van der Waals surface area contributed by atoms with Crippen LogP contribution in [0.2, 0.25) is 0 Å². The highest BCUT2D eigenvalue weighted by atomic mass is 19.1. The van der Waals surface area contributed by atoms with Gasteiger partial charge >= 0.3 is 0 Å². The number of benzene rings is 1. The van der Waals surface area contributed by atoms with Crippen LogP contribution >= 0.6 is 0 Å². The predicted molar refractivity (Wildman–Crippen MR) is 131 cm³/mol. The molecule has 1 heteroatoms. The van der Waals surface area contributed by atoms with E-state index in [4.69, 9.17) is 0 Å². The van der Waals surface area contributed by atoms with Gasteiger partial charge < -0.3 is 0 Å². The lowest BCUT2D eigenvalue weighted by molar-refractivity contribution is 0.149. The zero-order valence-corrected chi connectivity index (χ0v) is 20.2. The van der Waals surface area contributed by atoms with Crippen LogP contribution in [0.15, 0.2) is 24.3 Å². The highest BCUT2D eigenvalue weighted by Gasteiger charge is 2.31. The van der Waals surface area contributed by atoms with E-state index in [1.54, 1.807) is 0 Å². The maximum Gasteiger partial charge on any atom is 0.115 e. The van der Waals surface area contributed by atoms with Crippen LogP contribution < -0.4 is 0 Å². The summed E-state index contributed by atoms with van der Waals surface area (Å²) in [6.45, 7) is 2.01. The molecule has 0 radical (unpaired) electrons. The topological polar surface area (TPSA) is 0 Å². The molecule has 0 saturated heterocycles. The first-order chi connectivity index (χ1) is 15.2. The molecular formula is C30H47F. The summed E-state index contributed by atoms with van der Waals surface area (Å²) in [5.41, 5.74) is 2.27. The Labute approximate surface area is 191 Å². The van der Waals surface area contributed by atoms with Crippen LogP contribution in [0.3, 0.4) is 0 Å². The molecule has 0 aliphatic heterocycles. The number of rotatable bonds is 8. The van der Waals surface area contributed by atoms with Gasteiger partial charge in [-0.1, -0.05) is 95.4 Å². The summed E-state index contributed by atoms with van der Waals surface area (Å²) < 4.78 is 12.8. The van der Waals surface area contributed by atoms with Crippen LogP contribution in [0.1, 0.15) is 127 Å². The van der Waals surface area contributed by atoms with Gasteiger partial charge in [-0.15, -0.1) is 0 Å². The van der Waals surface area contributed by atoms with Gasteiger partial charge in [0.2, 0.25) is 0 Å². The molecule has 1 aromatic carbocycles. The fourth-order valence-corrected chi connectivity index (χ4v) is 7.44. The molecule has 0 amide bonds. The Balaban J connectivity index is 1.12. The smallest absolute Gasteiger partial charge is 0.115 e. The van der Waals surface area contributed by atoms with Crippen molar-refractivity contribution in [1.82, 2.24) is 0 Å². The van der Waals surface area contributed by atoms with Crippen molar-refractivity contribution >= 4 is 0 Å². The molecule has 0 unspecified atom stereocenters. The standard InChI is InChI=1S/C30H47F/c1-2-3-23-4-6-24(7-5-23)8-9-25-10-14-27(15-11-25)29-18-20-30(21-19-29)28-16-12-26(22-31)13-17-28/h12-13,16-17,23-25,27,29-30H,2-11,14-15,18-22H2,1H3. The van der Waals surface area contributed by atoms with E-state index in [-0.39, 0.29) is 6.67 Å². The number of alkyl halides is 1. The van der Waals surface area contributed by atoms with Crippen molar-refractivity contribution < 1.29 is 4.39 Å². The molecule has 0 nitrogen and oxygen atoms in total. The molecule has 0 aromatic heterocycles. The molecule has 1 aromatic rings. The summed E-state index contributed by atoms with van der Waals surface area (Å²) >= 11 is 0. The molecule has 31 heavy (non-hydrogen) atoms. The Hall–Kier alpha value is -0.850. The third kappa shape index (κ3) is 6.58. The van der Waals surface area contributed by atoms with E-state index in [0.717, 1.165) is 35.2 Å². The zero-order valence-electron chi connectivity index (χ0n) is 20.2. The fraction of sp³-hybridized carbons (Fsp3) is 0.800. The molecular weight excluding hydrogens is 379 g/mol. The van der Waals surface area contributed by atoms with Crippen LogP contribution in [0.25, 0.3) is 0 Å². The van der Waals surface area contributed by atoms with Gasteiger partial charge in [0, 0.05) is 0 Å². The Morgan fingerprint density at radius 3 is 1.55 bits per heavy atom. The summed E-state index contributed by atoms with van der Waals surface area (Å²) in [7, 11) is 0. The fourth-order valence-electron chi connectivity index (χ4n) is 7.44. The third-order valence-corrected chi connectivity index (χ3v) is 9.58. The Morgan fingerprint density at radius 2 is 1.06 bits per heavy atom. The van der Waals surface area contributed by atoms with E-state index in [0.29, 0.717) is 5.92 Å². The maximum absolute atomic E-state index is 12.8. The summed E-state index contributed by atoms with van der Waals surface area (Å²) in [5, 5.41) is 0. The van der Waals surface area contributed by atoms with Gasteiger partial charge in [0.25, 0.3) is 0 Å². The predicted octanol–water partition coefficient (Wildman–Crippen LogP) is 9.62. The van der Waals surface area contributed by atoms with Crippen LogP contribution in [-0.2, 0) is 6.67 Å². The second-order valence-electron chi connectivity index (χ2n) is 11.5. The summed E-state index contributed by atoms with van der Waals surface area (Å²) in [4.78, 5) is 0. The van der Waals surface area contributed by atoms with Crippen molar-refractivity contribution in [1.29, 1.82) is 0 Å². The normalized spacial score (nSPS) is 34.5. The number of halogens is 1. The molecule has 3 aliphatic carbocycles. The van der Waals surface area contributed by atoms with Crippen molar-refractivity contribution in [2.45, 2.75) is 122 Å². The largest absolute Gasteiger partial charge is 0.246 e. The van der Waals surface area contributed by atoms with Gasteiger partial charge in [-0.3, -0.25) is 0 Å². The minimum absolute atomic E-state index is 0.338. The van der Waals surface area contributed by atoms with Crippen LogP contribution in [0.5, 0.6) is 0 Å². The lowest BCUT2D eigenvalue weighted by atomic mass is 9.67. The van der Waals surface area contributed by atoms with E-state index >= 15 is 0 Å². The Morgan fingerprint density at radius 1 is 0.613 bits per heavy atom. The molecule has 3 saturated carbocycles. The van der Waals surface area contributed by atoms with Gasteiger partial charge in [-0.2, -0.15) is 0 Å². The van der Waals surface area contributed by atoms with E-state index in [1.165, 1.54) is 108 Å². The highest BCUT2D eigenvalue weighted by Crippen LogP contribution is 2.45. The van der Waals surface area contributed by atoms with E-state index < -0.39 is 0 Å². The summed E-state index contributed by atoms with van der Waals surface area (Å²) in [6, 6.07) is 8.34. The molecule has 174 valence electrons. The molecule has 0 heterocycles. The molecule has 0 atom stereocenters. The van der Waals surface area contributed by atoms with Crippen molar-refractivity contribution in [3.05, 3.63) is 35.4 Å². The molecule has 3 fully saturated rings.